The fourth-order valence-corrected chi connectivity index (χ4v) is 6.70. The van der Waals surface area contributed by atoms with Gasteiger partial charge in [0, 0.05) is 12.0 Å². The quantitative estimate of drug-likeness (QED) is 0.473. The molecule has 2 unspecified atom stereocenters. The molecule has 32 heavy (non-hydrogen) atoms. The van der Waals surface area contributed by atoms with Crippen LogP contribution in [0.1, 0.15) is 135 Å². The van der Waals surface area contributed by atoms with Gasteiger partial charge < -0.3 is 10.1 Å². The largest absolute Gasteiger partial charge is 0.494 e. The minimum atomic E-state index is 0.470. The molecule has 2 atom stereocenters. The molecule has 1 heterocycles. The van der Waals surface area contributed by atoms with Crippen LogP contribution in [0, 0.1) is 11.8 Å². The Balaban J connectivity index is 1.53. The van der Waals surface area contributed by atoms with E-state index in [0.717, 1.165) is 5.92 Å². The average Bonchev–Trinajstić information content (AvgIpc) is 2.88. The zero-order valence-corrected chi connectivity index (χ0v) is 20.9. The first-order valence-corrected chi connectivity index (χ1v) is 14.7. The van der Waals surface area contributed by atoms with Gasteiger partial charge in [-0.25, -0.2) is 0 Å². The highest BCUT2D eigenvalue weighted by molar-refractivity contribution is 5.33. The smallest absolute Gasteiger partial charge is 0.102 e. The molecule has 1 aliphatic heterocycles. The Morgan fingerprint density at radius 1 is 0.594 bits per heavy atom. The van der Waals surface area contributed by atoms with Gasteiger partial charge in [-0.15, -0.1) is 0 Å². The Kier molecular flexibility index (Phi) is 10.5. The molecular formula is C30H51NO. The molecule has 0 bridgehead atoms. The first-order valence-electron chi connectivity index (χ1n) is 14.7. The van der Waals surface area contributed by atoms with Crippen molar-refractivity contribution in [3.63, 3.8) is 0 Å². The van der Waals surface area contributed by atoms with E-state index in [0.29, 0.717) is 18.1 Å². The predicted octanol–water partition coefficient (Wildman–Crippen LogP) is 8.62. The summed E-state index contributed by atoms with van der Waals surface area (Å²) in [6.07, 6.45) is 34.8. The number of allylic oxidation sites excluding steroid dienone is 2. The van der Waals surface area contributed by atoms with E-state index in [1.165, 1.54) is 147 Å². The number of ether oxygens (including phenoxy) is 1. The summed E-state index contributed by atoms with van der Waals surface area (Å²) in [5.41, 5.74) is 1.63. The molecule has 182 valence electrons. The summed E-state index contributed by atoms with van der Waals surface area (Å²) >= 11 is 0. The Morgan fingerprint density at radius 3 is 1.81 bits per heavy atom. The molecule has 4 aliphatic rings. The van der Waals surface area contributed by atoms with Crippen molar-refractivity contribution in [1.29, 1.82) is 0 Å². The third kappa shape index (κ3) is 7.64. The van der Waals surface area contributed by atoms with Crippen LogP contribution >= 0.6 is 0 Å². The second-order valence-corrected chi connectivity index (χ2v) is 11.3. The van der Waals surface area contributed by atoms with Crippen LogP contribution in [0.4, 0.5) is 0 Å². The van der Waals surface area contributed by atoms with E-state index in [2.05, 4.69) is 17.5 Å². The van der Waals surface area contributed by atoms with Crippen LogP contribution in [0.15, 0.2) is 23.5 Å². The summed E-state index contributed by atoms with van der Waals surface area (Å²) in [4.78, 5) is 0. The maximum atomic E-state index is 6.90. The lowest BCUT2D eigenvalue weighted by molar-refractivity contribution is 0.0564. The van der Waals surface area contributed by atoms with Crippen LogP contribution < -0.4 is 5.32 Å². The lowest BCUT2D eigenvalue weighted by Crippen LogP contribution is -2.40. The monoisotopic (exact) mass is 441 g/mol. The van der Waals surface area contributed by atoms with Crippen molar-refractivity contribution in [3.05, 3.63) is 23.5 Å². The molecule has 2 saturated carbocycles. The normalized spacial score (nSPS) is 30.9. The van der Waals surface area contributed by atoms with E-state index >= 15 is 0 Å². The van der Waals surface area contributed by atoms with Crippen LogP contribution in [0.25, 0.3) is 0 Å². The SMILES string of the molecule is C1=C(C2CCCCCCCCC2)C=C(OC2CCCCC2)C2CCCCCCCCNC12. The third-order valence-electron chi connectivity index (χ3n) is 8.73. The molecule has 0 aromatic heterocycles. The molecule has 1 saturated heterocycles. The first-order chi connectivity index (χ1) is 15.9. The summed E-state index contributed by atoms with van der Waals surface area (Å²) in [5.74, 6) is 2.67. The van der Waals surface area contributed by atoms with Crippen molar-refractivity contribution in [2.75, 3.05) is 6.54 Å². The van der Waals surface area contributed by atoms with Crippen LogP contribution in [0.3, 0.4) is 0 Å². The molecule has 0 spiro atoms. The predicted molar refractivity (Wildman–Crippen MR) is 137 cm³/mol. The van der Waals surface area contributed by atoms with Crippen molar-refractivity contribution in [2.24, 2.45) is 11.8 Å². The van der Waals surface area contributed by atoms with Crippen LogP contribution in [-0.2, 0) is 4.74 Å². The summed E-state index contributed by atoms with van der Waals surface area (Å²) < 4.78 is 6.90. The summed E-state index contributed by atoms with van der Waals surface area (Å²) in [7, 11) is 0. The Bertz CT molecular complexity index is 578. The fourth-order valence-electron chi connectivity index (χ4n) is 6.70. The number of rotatable bonds is 3. The second-order valence-electron chi connectivity index (χ2n) is 11.3. The van der Waals surface area contributed by atoms with Crippen molar-refractivity contribution < 1.29 is 4.74 Å². The van der Waals surface area contributed by atoms with Gasteiger partial charge in [-0.1, -0.05) is 89.5 Å². The molecule has 0 aromatic carbocycles. The van der Waals surface area contributed by atoms with Gasteiger partial charge in [-0.05, 0) is 75.5 Å². The van der Waals surface area contributed by atoms with Crippen LogP contribution in [0.5, 0.6) is 0 Å². The van der Waals surface area contributed by atoms with Crippen LogP contribution in [0.2, 0.25) is 0 Å². The van der Waals surface area contributed by atoms with E-state index < -0.39 is 0 Å². The minimum absolute atomic E-state index is 0.470. The standard InChI is InChI=1S/C30H51NO/c1-2-6-11-17-25(18-12-7-3-1)26-23-29-28(21-15-8-4-5-9-16-22-31-29)30(24-26)32-27-19-13-10-14-20-27/h23-25,27-29,31H,1-22H2. The van der Waals surface area contributed by atoms with E-state index in [-0.39, 0.29) is 0 Å². The van der Waals surface area contributed by atoms with Crippen molar-refractivity contribution in [1.82, 2.24) is 5.32 Å². The third-order valence-corrected chi connectivity index (χ3v) is 8.73. The molecule has 0 amide bonds. The number of hydrogen-bond acceptors (Lipinski definition) is 2. The molecule has 4 rings (SSSR count). The molecule has 0 aromatic rings. The molecular weight excluding hydrogens is 390 g/mol. The Hall–Kier alpha value is -0.760. The Morgan fingerprint density at radius 2 is 1.12 bits per heavy atom. The zero-order valence-electron chi connectivity index (χ0n) is 20.9. The average molecular weight is 442 g/mol. The zero-order chi connectivity index (χ0) is 21.8. The van der Waals surface area contributed by atoms with Crippen molar-refractivity contribution >= 4 is 0 Å². The van der Waals surface area contributed by atoms with Gasteiger partial charge in [0.2, 0.25) is 0 Å². The molecule has 1 N–H and O–H groups in total. The molecule has 3 aliphatic carbocycles. The lowest BCUT2D eigenvalue weighted by Gasteiger charge is -2.36. The van der Waals surface area contributed by atoms with Crippen LogP contribution in [-0.4, -0.2) is 18.7 Å². The molecule has 2 nitrogen and oxygen atoms in total. The summed E-state index contributed by atoms with van der Waals surface area (Å²) in [6, 6.07) is 0.488. The summed E-state index contributed by atoms with van der Waals surface area (Å²) in [6.45, 7) is 1.17. The van der Waals surface area contributed by atoms with E-state index in [9.17, 15) is 0 Å². The van der Waals surface area contributed by atoms with Gasteiger partial charge in [0.05, 0.1) is 6.10 Å². The van der Waals surface area contributed by atoms with Gasteiger partial charge >= 0.3 is 0 Å². The first kappa shape index (κ1) is 24.4. The minimum Gasteiger partial charge on any atom is -0.494 e. The van der Waals surface area contributed by atoms with Gasteiger partial charge in [0.1, 0.15) is 5.76 Å². The fraction of sp³-hybridized carbons (Fsp3) is 0.867. The maximum Gasteiger partial charge on any atom is 0.102 e. The molecule has 2 heteroatoms. The van der Waals surface area contributed by atoms with Crippen molar-refractivity contribution in [3.8, 4) is 0 Å². The van der Waals surface area contributed by atoms with E-state index in [4.69, 9.17) is 4.74 Å². The van der Waals surface area contributed by atoms with Gasteiger partial charge in [-0.3, -0.25) is 0 Å². The molecule has 3 fully saturated rings. The number of fused-ring (bicyclic) bond motifs is 1. The highest BCUT2D eigenvalue weighted by Gasteiger charge is 2.32. The lowest BCUT2D eigenvalue weighted by atomic mass is 9.79. The van der Waals surface area contributed by atoms with Gasteiger partial charge in [-0.2, -0.15) is 0 Å². The van der Waals surface area contributed by atoms with Gasteiger partial charge in [0.25, 0.3) is 0 Å². The highest BCUT2D eigenvalue weighted by atomic mass is 16.5. The highest BCUT2D eigenvalue weighted by Crippen LogP contribution is 2.38. The van der Waals surface area contributed by atoms with E-state index in [1.807, 2.05) is 0 Å². The maximum absolute atomic E-state index is 6.90. The molecule has 0 radical (unpaired) electrons. The Labute approximate surface area is 199 Å². The van der Waals surface area contributed by atoms with Gasteiger partial charge in [0.15, 0.2) is 0 Å². The number of hydrogen-bond donors (Lipinski definition) is 1. The topological polar surface area (TPSA) is 21.3 Å². The van der Waals surface area contributed by atoms with Crippen molar-refractivity contribution in [2.45, 2.75) is 147 Å². The second kappa shape index (κ2) is 13.8. The summed E-state index contributed by atoms with van der Waals surface area (Å²) in [5, 5.41) is 4.01. The number of nitrogens with one attached hydrogen (secondary N) is 1. The van der Waals surface area contributed by atoms with E-state index in [1.54, 1.807) is 5.57 Å².